The molecule has 0 aliphatic carbocycles. The topological polar surface area (TPSA) is 106 Å². The van der Waals surface area contributed by atoms with Crippen molar-refractivity contribution < 1.29 is 18.1 Å². The van der Waals surface area contributed by atoms with Crippen LogP contribution >= 0.6 is 0 Å². The number of carbonyl (C=O) groups is 1. The molecular weight excluding hydrogens is 296 g/mol. The first-order chi connectivity index (χ1) is 9.42. The number of nitrogens with zero attached hydrogens (tertiary/aromatic N) is 1. The Hall–Kier alpha value is -1.96. The summed E-state index contributed by atoms with van der Waals surface area (Å²) >= 11 is 0. The second kappa shape index (κ2) is 5.80. The van der Waals surface area contributed by atoms with Crippen molar-refractivity contribution in [1.29, 1.82) is 0 Å². The smallest absolute Gasteiger partial charge is 0.269 e. The molecular formula is C13H18N2O5S. The summed E-state index contributed by atoms with van der Waals surface area (Å²) in [4.78, 5) is 21.6. The maximum Gasteiger partial charge on any atom is 0.269 e. The van der Waals surface area contributed by atoms with Crippen molar-refractivity contribution in [3.05, 3.63) is 33.9 Å². The fraction of sp³-hybridized carbons (Fsp3) is 0.462. The number of nitro benzene ring substituents is 1. The second-order valence-electron chi connectivity index (χ2n) is 5.97. The lowest BCUT2D eigenvalue weighted by atomic mass is 9.92. The van der Waals surface area contributed by atoms with E-state index in [1.807, 2.05) is 25.5 Å². The highest BCUT2D eigenvalue weighted by Crippen LogP contribution is 2.22. The van der Waals surface area contributed by atoms with E-state index in [0.29, 0.717) is 0 Å². The van der Waals surface area contributed by atoms with E-state index >= 15 is 0 Å². The lowest BCUT2D eigenvalue weighted by Crippen LogP contribution is -2.33. The van der Waals surface area contributed by atoms with Gasteiger partial charge in [0.25, 0.3) is 15.7 Å². The molecule has 1 rings (SSSR count). The number of aryl methyl sites for hydroxylation is 1. The summed E-state index contributed by atoms with van der Waals surface area (Å²) in [5, 5.41) is 10.6. The van der Waals surface area contributed by atoms with Gasteiger partial charge in [0, 0.05) is 18.6 Å². The van der Waals surface area contributed by atoms with Gasteiger partial charge in [0.1, 0.15) is 0 Å². The Kier molecular flexibility index (Phi) is 4.72. The maximum atomic E-state index is 12.1. The Labute approximate surface area is 123 Å². The molecule has 0 spiro atoms. The number of carbonyl (C=O) groups excluding carboxylic acids is 1. The molecule has 0 atom stereocenters. The first kappa shape index (κ1) is 17.1. The average molecular weight is 314 g/mol. The van der Waals surface area contributed by atoms with Gasteiger partial charge in [-0.1, -0.05) is 20.8 Å². The SMILES string of the molecule is Cc1cc([N+](=O)[O-])ccc1S(=O)(=O)NC(=O)CC(C)(C)C. The summed E-state index contributed by atoms with van der Waals surface area (Å²) < 4.78 is 26.2. The first-order valence-corrected chi connectivity index (χ1v) is 7.71. The number of nitrogens with one attached hydrogen (secondary N) is 1. The van der Waals surface area contributed by atoms with Crippen LogP contribution < -0.4 is 4.72 Å². The number of nitro groups is 1. The molecule has 0 saturated heterocycles. The van der Waals surface area contributed by atoms with E-state index in [0.717, 1.165) is 18.2 Å². The van der Waals surface area contributed by atoms with Crippen LogP contribution in [-0.2, 0) is 14.8 Å². The van der Waals surface area contributed by atoms with E-state index in [4.69, 9.17) is 0 Å². The van der Waals surface area contributed by atoms with Crippen LogP contribution in [0.3, 0.4) is 0 Å². The van der Waals surface area contributed by atoms with Gasteiger partial charge in [0.2, 0.25) is 5.91 Å². The van der Waals surface area contributed by atoms with Gasteiger partial charge < -0.3 is 0 Å². The van der Waals surface area contributed by atoms with Crippen molar-refractivity contribution in [3.63, 3.8) is 0 Å². The van der Waals surface area contributed by atoms with Gasteiger partial charge >= 0.3 is 0 Å². The third kappa shape index (κ3) is 4.82. The molecule has 0 aliphatic heterocycles. The molecule has 1 N–H and O–H groups in total. The number of hydrogen-bond donors (Lipinski definition) is 1. The molecule has 1 aromatic rings. The Morgan fingerprint density at radius 2 is 1.90 bits per heavy atom. The third-order valence-electron chi connectivity index (χ3n) is 2.60. The van der Waals surface area contributed by atoms with E-state index in [1.54, 1.807) is 0 Å². The van der Waals surface area contributed by atoms with E-state index in [9.17, 15) is 23.3 Å². The summed E-state index contributed by atoms with van der Waals surface area (Å²) in [6, 6.07) is 3.37. The molecule has 116 valence electrons. The Balaban J connectivity index is 3.04. The largest absolute Gasteiger partial charge is 0.274 e. The second-order valence-corrected chi connectivity index (χ2v) is 7.62. The van der Waals surface area contributed by atoms with E-state index < -0.39 is 20.9 Å². The molecule has 1 aromatic carbocycles. The summed E-state index contributed by atoms with van der Waals surface area (Å²) in [5.41, 5.74) is -0.336. The minimum absolute atomic E-state index is 0.0538. The third-order valence-corrected chi connectivity index (χ3v) is 4.13. The standard InChI is InChI=1S/C13H18N2O5S/c1-9-7-10(15(17)18)5-6-11(9)21(19,20)14-12(16)8-13(2,3)4/h5-7H,8H2,1-4H3,(H,14,16). The first-order valence-electron chi connectivity index (χ1n) is 6.23. The predicted octanol–water partition coefficient (Wildman–Crippen LogP) is 2.14. The van der Waals surface area contributed by atoms with E-state index in [-0.39, 0.29) is 28.0 Å². The molecule has 0 saturated carbocycles. The van der Waals surface area contributed by atoms with Gasteiger partial charge in [-0.05, 0) is 24.0 Å². The van der Waals surface area contributed by atoms with Crippen molar-refractivity contribution in [2.24, 2.45) is 5.41 Å². The number of amides is 1. The molecule has 1 amide bonds. The summed E-state index contributed by atoms with van der Waals surface area (Å²) in [7, 11) is -4.03. The highest BCUT2D eigenvalue weighted by molar-refractivity contribution is 7.90. The average Bonchev–Trinajstić information content (AvgIpc) is 2.24. The molecule has 0 aliphatic rings. The molecule has 7 nitrogen and oxygen atoms in total. The highest BCUT2D eigenvalue weighted by Gasteiger charge is 2.24. The Morgan fingerprint density at radius 1 is 1.33 bits per heavy atom. The number of non-ortho nitro benzene ring substituents is 1. The van der Waals surface area contributed by atoms with Gasteiger partial charge in [-0.15, -0.1) is 0 Å². The highest BCUT2D eigenvalue weighted by atomic mass is 32.2. The van der Waals surface area contributed by atoms with Crippen LogP contribution in [0.5, 0.6) is 0 Å². The molecule has 0 heterocycles. The lowest BCUT2D eigenvalue weighted by molar-refractivity contribution is -0.385. The van der Waals surface area contributed by atoms with Crippen molar-refractivity contribution >= 4 is 21.6 Å². The number of hydrogen-bond acceptors (Lipinski definition) is 5. The molecule has 0 aromatic heterocycles. The molecule has 8 heteroatoms. The number of sulfonamides is 1. The summed E-state index contributed by atoms with van der Waals surface area (Å²) in [6.07, 6.45) is 0.0538. The van der Waals surface area contributed by atoms with Gasteiger partial charge in [-0.25, -0.2) is 13.1 Å². The quantitative estimate of drug-likeness (QED) is 0.677. The molecule has 0 bridgehead atoms. The number of benzene rings is 1. The zero-order chi connectivity index (χ0) is 16.4. The van der Waals surface area contributed by atoms with Gasteiger partial charge in [0.15, 0.2) is 0 Å². The predicted molar refractivity (Wildman–Crippen MR) is 77.2 cm³/mol. The van der Waals surface area contributed by atoms with Gasteiger partial charge in [-0.3, -0.25) is 14.9 Å². The summed E-state index contributed by atoms with van der Waals surface area (Å²) in [6.45, 7) is 6.89. The Bertz CT molecular complexity index is 674. The minimum Gasteiger partial charge on any atom is -0.274 e. The van der Waals surface area contributed by atoms with Crippen LogP contribution in [-0.4, -0.2) is 19.2 Å². The van der Waals surface area contributed by atoms with Gasteiger partial charge in [0.05, 0.1) is 9.82 Å². The van der Waals surface area contributed by atoms with Gasteiger partial charge in [-0.2, -0.15) is 0 Å². The molecule has 0 fully saturated rings. The van der Waals surface area contributed by atoms with Crippen molar-refractivity contribution in [3.8, 4) is 0 Å². The van der Waals surface area contributed by atoms with Crippen LogP contribution in [0, 0.1) is 22.5 Å². The fourth-order valence-corrected chi connectivity index (χ4v) is 2.98. The van der Waals surface area contributed by atoms with Crippen molar-refractivity contribution in [1.82, 2.24) is 4.72 Å². The van der Waals surface area contributed by atoms with Crippen LogP contribution in [0.2, 0.25) is 0 Å². The maximum absolute atomic E-state index is 12.1. The van der Waals surface area contributed by atoms with E-state index in [2.05, 4.69) is 0 Å². The van der Waals surface area contributed by atoms with Crippen LogP contribution in [0.4, 0.5) is 5.69 Å². The lowest BCUT2D eigenvalue weighted by Gasteiger charge is -2.17. The van der Waals surface area contributed by atoms with Crippen molar-refractivity contribution in [2.45, 2.75) is 39.0 Å². The zero-order valence-corrected chi connectivity index (χ0v) is 13.2. The zero-order valence-electron chi connectivity index (χ0n) is 12.3. The molecule has 0 unspecified atom stereocenters. The van der Waals surface area contributed by atoms with E-state index in [1.165, 1.54) is 6.92 Å². The summed E-state index contributed by atoms with van der Waals surface area (Å²) in [5.74, 6) is -0.611. The minimum atomic E-state index is -4.03. The fourth-order valence-electron chi connectivity index (χ4n) is 1.77. The Morgan fingerprint density at radius 3 is 2.33 bits per heavy atom. The molecule has 21 heavy (non-hydrogen) atoms. The van der Waals surface area contributed by atoms with Crippen molar-refractivity contribution in [2.75, 3.05) is 0 Å². The van der Waals surface area contributed by atoms with Crippen LogP contribution in [0.15, 0.2) is 23.1 Å². The molecule has 0 radical (unpaired) electrons. The normalized spacial score (nSPS) is 12.0. The monoisotopic (exact) mass is 314 g/mol. The van der Waals surface area contributed by atoms with Crippen LogP contribution in [0.25, 0.3) is 0 Å². The van der Waals surface area contributed by atoms with Crippen LogP contribution in [0.1, 0.15) is 32.8 Å². The number of rotatable bonds is 4.